The van der Waals surface area contributed by atoms with Crippen molar-refractivity contribution < 1.29 is 18.0 Å². The summed E-state index contributed by atoms with van der Waals surface area (Å²) in [7, 11) is 0. The summed E-state index contributed by atoms with van der Waals surface area (Å²) >= 11 is 6.14. The molecule has 1 aromatic carbocycles. The molecule has 1 fully saturated rings. The first kappa shape index (κ1) is 19.4. The van der Waals surface area contributed by atoms with Gasteiger partial charge in [-0.15, -0.1) is 0 Å². The Morgan fingerprint density at radius 3 is 2.73 bits per heavy atom. The summed E-state index contributed by atoms with van der Waals surface area (Å²) in [5, 5.41) is 4.55. The average molecular weight is 435 g/mol. The number of fused-ring (bicyclic) bond motifs is 2. The van der Waals surface area contributed by atoms with Crippen LogP contribution < -0.4 is 4.90 Å². The number of halogens is 4. The van der Waals surface area contributed by atoms with E-state index in [4.69, 9.17) is 11.6 Å². The molecule has 1 amide bonds. The molecule has 5 rings (SSSR count). The van der Waals surface area contributed by atoms with E-state index in [-0.39, 0.29) is 11.8 Å². The van der Waals surface area contributed by atoms with E-state index in [0.717, 1.165) is 28.1 Å². The van der Waals surface area contributed by atoms with Gasteiger partial charge in [0.15, 0.2) is 5.65 Å². The normalized spacial score (nSPS) is 22.6. The van der Waals surface area contributed by atoms with Crippen molar-refractivity contribution in [3.05, 3.63) is 58.5 Å². The standard InChI is InChI=1S/C21H18ClF3N4O/c1-20(2)15-4-3-11(7-16(15)28(19(20)30)10-21(23,24)25)12-8-13(12)14-9-17(22)27-29-6-5-26-18(14)29/h3-7,9,12-13H,8,10H2,1-2H3/t12-,13+/m1/s1. The fourth-order valence-corrected chi connectivity index (χ4v) is 4.72. The summed E-state index contributed by atoms with van der Waals surface area (Å²) in [6.45, 7) is 2.05. The SMILES string of the molecule is CC1(C)C(=O)N(CC(F)(F)F)c2cc([C@H]3C[C@@H]3c3cc(Cl)nn4ccnc34)ccc21. The van der Waals surface area contributed by atoms with Gasteiger partial charge in [0.25, 0.3) is 0 Å². The van der Waals surface area contributed by atoms with Crippen LogP contribution in [0.2, 0.25) is 5.15 Å². The van der Waals surface area contributed by atoms with Crippen LogP contribution in [0, 0.1) is 0 Å². The average Bonchev–Trinajstić information content (AvgIpc) is 3.28. The Morgan fingerprint density at radius 1 is 1.23 bits per heavy atom. The molecule has 2 atom stereocenters. The van der Waals surface area contributed by atoms with Crippen LogP contribution in [0.3, 0.4) is 0 Å². The van der Waals surface area contributed by atoms with Crippen molar-refractivity contribution in [1.82, 2.24) is 14.6 Å². The number of hydrogen-bond acceptors (Lipinski definition) is 3. The number of aromatic nitrogens is 3. The summed E-state index contributed by atoms with van der Waals surface area (Å²) in [6, 6.07) is 7.24. The maximum Gasteiger partial charge on any atom is 0.406 e. The van der Waals surface area contributed by atoms with Gasteiger partial charge in [0.1, 0.15) is 11.7 Å². The van der Waals surface area contributed by atoms with E-state index in [1.807, 2.05) is 6.07 Å². The lowest BCUT2D eigenvalue weighted by molar-refractivity contribution is -0.134. The lowest BCUT2D eigenvalue weighted by Gasteiger charge is -2.21. The molecule has 30 heavy (non-hydrogen) atoms. The minimum Gasteiger partial charge on any atom is -0.302 e. The van der Waals surface area contributed by atoms with Gasteiger partial charge in [-0.2, -0.15) is 18.3 Å². The molecular formula is C21H18ClF3N4O. The summed E-state index contributed by atoms with van der Waals surface area (Å²) in [5.74, 6) is -0.255. The zero-order valence-electron chi connectivity index (χ0n) is 16.2. The van der Waals surface area contributed by atoms with Crippen molar-refractivity contribution in [2.24, 2.45) is 0 Å². The van der Waals surface area contributed by atoms with Crippen LogP contribution in [0.5, 0.6) is 0 Å². The predicted molar refractivity (Wildman–Crippen MR) is 106 cm³/mol. The van der Waals surface area contributed by atoms with E-state index in [2.05, 4.69) is 10.1 Å². The van der Waals surface area contributed by atoms with Gasteiger partial charge in [0.05, 0.1) is 5.41 Å². The van der Waals surface area contributed by atoms with Crippen LogP contribution in [-0.2, 0) is 10.2 Å². The second-order valence-corrected chi connectivity index (χ2v) is 8.86. The Labute approximate surface area is 175 Å². The number of imidazole rings is 1. The van der Waals surface area contributed by atoms with Gasteiger partial charge in [0.2, 0.25) is 5.91 Å². The molecule has 0 unspecified atom stereocenters. The molecule has 156 valence electrons. The molecule has 9 heteroatoms. The van der Waals surface area contributed by atoms with Crippen LogP contribution in [0.15, 0.2) is 36.7 Å². The van der Waals surface area contributed by atoms with Crippen molar-refractivity contribution in [3.8, 4) is 0 Å². The Balaban J connectivity index is 1.51. The highest BCUT2D eigenvalue weighted by Gasteiger charge is 2.49. The summed E-state index contributed by atoms with van der Waals surface area (Å²) in [6.07, 6.45) is -0.262. The van der Waals surface area contributed by atoms with Crippen molar-refractivity contribution in [1.29, 1.82) is 0 Å². The number of carbonyl (C=O) groups is 1. The molecule has 0 bridgehead atoms. The summed E-state index contributed by atoms with van der Waals surface area (Å²) < 4.78 is 41.0. The van der Waals surface area contributed by atoms with Crippen LogP contribution >= 0.6 is 11.6 Å². The van der Waals surface area contributed by atoms with Crippen molar-refractivity contribution in [2.75, 3.05) is 11.4 Å². The molecule has 3 aromatic rings. The Kier molecular flexibility index (Phi) is 4.00. The number of carbonyl (C=O) groups excluding carboxylic acids is 1. The number of hydrogen-bond donors (Lipinski definition) is 0. The van der Waals surface area contributed by atoms with Crippen LogP contribution in [0.4, 0.5) is 18.9 Å². The summed E-state index contributed by atoms with van der Waals surface area (Å²) in [4.78, 5) is 17.9. The summed E-state index contributed by atoms with van der Waals surface area (Å²) in [5.41, 5.74) is 2.60. The van der Waals surface area contributed by atoms with Gasteiger partial charge in [-0.05, 0) is 55.4 Å². The zero-order valence-corrected chi connectivity index (χ0v) is 17.0. The second-order valence-electron chi connectivity index (χ2n) is 8.47. The smallest absolute Gasteiger partial charge is 0.302 e. The molecular weight excluding hydrogens is 417 g/mol. The fraction of sp³-hybridized carbons (Fsp3) is 0.381. The Hall–Kier alpha value is -2.61. The van der Waals surface area contributed by atoms with E-state index >= 15 is 0 Å². The molecule has 0 N–H and O–H groups in total. The highest BCUT2D eigenvalue weighted by Crippen LogP contribution is 2.57. The largest absolute Gasteiger partial charge is 0.406 e. The number of nitrogens with zero attached hydrogens (tertiary/aromatic N) is 4. The molecule has 0 saturated heterocycles. The molecule has 2 aliphatic rings. The number of amides is 1. The minimum absolute atomic E-state index is 0.126. The highest BCUT2D eigenvalue weighted by molar-refractivity contribution is 6.29. The molecule has 5 nitrogen and oxygen atoms in total. The topological polar surface area (TPSA) is 50.5 Å². The first-order valence-corrected chi connectivity index (χ1v) is 9.97. The van der Waals surface area contributed by atoms with E-state index < -0.39 is 24.0 Å². The van der Waals surface area contributed by atoms with Crippen LogP contribution in [0.25, 0.3) is 5.65 Å². The third-order valence-electron chi connectivity index (χ3n) is 6.08. The number of benzene rings is 1. The zero-order chi connectivity index (χ0) is 21.4. The maximum absolute atomic E-state index is 13.1. The first-order chi connectivity index (χ1) is 14.1. The Bertz CT molecular complexity index is 1190. The Morgan fingerprint density at radius 2 is 2.00 bits per heavy atom. The van der Waals surface area contributed by atoms with Crippen molar-refractivity contribution >= 4 is 28.8 Å². The second kappa shape index (κ2) is 6.20. The molecule has 1 aliphatic carbocycles. The highest BCUT2D eigenvalue weighted by atomic mass is 35.5. The number of anilines is 1. The fourth-order valence-electron chi connectivity index (χ4n) is 4.52. The predicted octanol–water partition coefficient (Wildman–Crippen LogP) is 4.84. The quantitative estimate of drug-likeness (QED) is 0.592. The van der Waals surface area contributed by atoms with E-state index in [9.17, 15) is 18.0 Å². The maximum atomic E-state index is 13.1. The van der Waals surface area contributed by atoms with Gasteiger partial charge in [-0.3, -0.25) is 4.79 Å². The van der Waals surface area contributed by atoms with Crippen LogP contribution in [-0.4, -0.2) is 33.2 Å². The van der Waals surface area contributed by atoms with E-state index in [1.165, 1.54) is 0 Å². The molecule has 1 aliphatic heterocycles. The molecule has 0 radical (unpaired) electrons. The molecule has 2 aromatic heterocycles. The van der Waals surface area contributed by atoms with Crippen molar-refractivity contribution in [3.63, 3.8) is 0 Å². The lowest BCUT2D eigenvalue weighted by Crippen LogP contribution is -2.41. The van der Waals surface area contributed by atoms with E-state index in [1.54, 1.807) is 49.0 Å². The third kappa shape index (κ3) is 2.96. The van der Waals surface area contributed by atoms with Gasteiger partial charge in [-0.1, -0.05) is 23.7 Å². The minimum atomic E-state index is -4.47. The third-order valence-corrected chi connectivity index (χ3v) is 6.26. The van der Waals surface area contributed by atoms with Crippen molar-refractivity contribution in [2.45, 2.75) is 43.7 Å². The first-order valence-electron chi connectivity index (χ1n) is 9.59. The molecule has 1 saturated carbocycles. The monoisotopic (exact) mass is 434 g/mol. The van der Waals surface area contributed by atoms with Gasteiger partial charge < -0.3 is 4.90 Å². The molecule has 3 heterocycles. The van der Waals surface area contributed by atoms with E-state index in [0.29, 0.717) is 16.4 Å². The number of rotatable bonds is 3. The van der Waals surface area contributed by atoms with Gasteiger partial charge in [-0.25, -0.2) is 9.50 Å². The number of alkyl halides is 3. The van der Waals surface area contributed by atoms with Gasteiger partial charge in [0, 0.05) is 23.6 Å². The molecule has 0 spiro atoms. The lowest BCUT2D eigenvalue weighted by atomic mass is 9.85. The van der Waals surface area contributed by atoms with Gasteiger partial charge >= 0.3 is 6.18 Å². The van der Waals surface area contributed by atoms with Crippen LogP contribution in [0.1, 0.15) is 48.8 Å².